The van der Waals surface area contributed by atoms with Crippen LogP contribution < -0.4 is 4.90 Å². The molecule has 4 aromatic carbocycles. The van der Waals surface area contributed by atoms with Crippen molar-refractivity contribution >= 4 is 34.1 Å². The summed E-state index contributed by atoms with van der Waals surface area (Å²) in [5.41, 5.74) is 8.97. The van der Waals surface area contributed by atoms with E-state index in [-0.39, 0.29) is 0 Å². The Bertz CT molecular complexity index is 1430. The molecule has 0 spiro atoms. The first kappa shape index (κ1) is 32.0. The summed E-state index contributed by atoms with van der Waals surface area (Å²) in [6.07, 6.45) is 3.52. The topological polar surface area (TPSA) is 77.4 Å². The number of hydrogen-bond acceptors (Lipinski definition) is 7. The maximum Gasteiger partial charge on any atom is 0.0887 e. The second kappa shape index (κ2) is 17.3. The van der Waals surface area contributed by atoms with Gasteiger partial charge >= 0.3 is 0 Å². The predicted molar refractivity (Wildman–Crippen MR) is 176 cm³/mol. The van der Waals surface area contributed by atoms with Crippen LogP contribution in [-0.4, -0.2) is 20.1 Å². The maximum atomic E-state index is 4.33. The van der Waals surface area contributed by atoms with E-state index in [9.17, 15) is 0 Å². The minimum Gasteiger partial charge on any atom is -0.372 e. The van der Waals surface area contributed by atoms with Gasteiger partial charge in [-0.2, -0.15) is 30.7 Å². The van der Waals surface area contributed by atoms with E-state index in [0.29, 0.717) is 0 Å². The molecule has 0 aliphatic heterocycles. The van der Waals surface area contributed by atoms with Gasteiger partial charge in [0.1, 0.15) is 0 Å². The van der Waals surface area contributed by atoms with Crippen LogP contribution in [0.2, 0.25) is 0 Å². The van der Waals surface area contributed by atoms with Crippen LogP contribution in [0.3, 0.4) is 0 Å². The summed E-state index contributed by atoms with van der Waals surface area (Å²) < 4.78 is 0. The largest absolute Gasteiger partial charge is 0.372 e. The minimum absolute atomic E-state index is 0.756. The molecule has 0 atom stereocenters. The molecule has 0 bridgehead atoms. The molecule has 0 aromatic heterocycles. The van der Waals surface area contributed by atoms with E-state index in [1.165, 1.54) is 29.7 Å². The fourth-order valence-corrected chi connectivity index (χ4v) is 4.20. The highest BCUT2D eigenvalue weighted by Crippen LogP contribution is 2.27. The average molecular weight is 562 g/mol. The Morgan fingerprint density at radius 2 is 1.10 bits per heavy atom. The normalized spacial score (nSPS) is 11.3. The number of aryl methyl sites for hydroxylation is 3. The van der Waals surface area contributed by atoms with E-state index in [4.69, 9.17) is 0 Å². The number of hydrogen-bond donors (Lipinski definition) is 0. The van der Waals surface area contributed by atoms with Gasteiger partial charge in [0.05, 0.1) is 28.4 Å². The summed E-state index contributed by atoms with van der Waals surface area (Å²) >= 11 is 0. The third kappa shape index (κ3) is 10.5. The van der Waals surface area contributed by atoms with Crippen LogP contribution in [0.5, 0.6) is 0 Å². The second-order valence-corrected chi connectivity index (χ2v) is 9.97. The lowest BCUT2D eigenvalue weighted by Gasteiger charge is -2.20. The molecular weight excluding hydrogens is 518 g/mol. The molecular formula is C35H43N7. The quantitative estimate of drug-likeness (QED) is 0.168. The van der Waals surface area contributed by atoms with Gasteiger partial charge in [-0.15, -0.1) is 0 Å². The molecule has 0 saturated heterocycles. The van der Waals surface area contributed by atoms with Crippen LogP contribution in [-0.2, 0) is 6.42 Å². The zero-order valence-corrected chi connectivity index (χ0v) is 25.8. The van der Waals surface area contributed by atoms with Crippen LogP contribution in [0.1, 0.15) is 50.3 Å². The van der Waals surface area contributed by atoms with Gasteiger partial charge in [0, 0.05) is 25.8 Å². The number of nitrogens with zero attached hydrogens (tertiary/aromatic N) is 7. The lowest BCUT2D eigenvalue weighted by molar-refractivity contribution is 0.795. The van der Waals surface area contributed by atoms with Crippen molar-refractivity contribution in [3.63, 3.8) is 0 Å². The van der Waals surface area contributed by atoms with Gasteiger partial charge in [-0.05, 0) is 118 Å². The predicted octanol–water partition coefficient (Wildman–Crippen LogP) is 11.7. The summed E-state index contributed by atoms with van der Waals surface area (Å²) in [5, 5.41) is 25.1. The van der Waals surface area contributed by atoms with E-state index >= 15 is 0 Å². The first-order chi connectivity index (χ1) is 20.4. The van der Waals surface area contributed by atoms with Crippen LogP contribution in [0.15, 0.2) is 122 Å². The first-order valence-corrected chi connectivity index (χ1v) is 14.7. The lowest BCUT2D eigenvalue weighted by atomic mass is 10.1. The van der Waals surface area contributed by atoms with Crippen molar-refractivity contribution in [2.45, 2.75) is 53.9 Å². The second-order valence-electron chi connectivity index (χ2n) is 9.97. The SMILES string of the molecule is CCCCc1ccc(N=Nc2ccc(N=Nc3ccc(N=NC)cc3C)cc2)cc1.CCN(CC)c1ccc(C)cc1. The third-order valence-electron chi connectivity index (χ3n) is 6.72. The van der Waals surface area contributed by atoms with Gasteiger partial charge in [-0.25, -0.2) is 0 Å². The molecule has 4 rings (SSSR count). The Hall–Kier alpha value is -4.52. The van der Waals surface area contributed by atoms with Crippen molar-refractivity contribution < 1.29 is 0 Å². The Balaban J connectivity index is 0.000000337. The molecule has 218 valence electrons. The Morgan fingerprint density at radius 3 is 1.60 bits per heavy atom. The highest BCUT2D eigenvalue weighted by molar-refractivity contribution is 5.54. The van der Waals surface area contributed by atoms with E-state index in [1.54, 1.807) is 7.05 Å². The zero-order chi connectivity index (χ0) is 30.2. The van der Waals surface area contributed by atoms with Crippen molar-refractivity contribution in [1.82, 2.24) is 0 Å². The molecule has 0 radical (unpaired) electrons. The Kier molecular flexibility index (Phi) is 13.2. The van der Waals surface area contributed by atoms with Gasteiger partial charge in [0.25, 0.3) is 0 Å². The van der Waals surface area contributed by atoms with Crippen molar-refractivity contribution in [3.05, 3.63) is 108 Å². The van der Waals surface area contributed by atoms with Gasteiger partial charge < -0.3 is 4.90 Å². The van der Waals surface area contributed by atoms with Crippen LogP contribution in [0.25, 0.3) is 0 Å². The Labute approximate surface area is 251 Å². The molecule has 0 aliphatic carbocycles. The monoisotopic (exact) mass is 561 g/mol. The third-order valence-corrected chi connectivity index (χ3v) is 6.72. The van der Waals surface area contributed by atoms with Crippen LogP contribution in [0, 0.1) is 13.8 Å². The molecule has 0 N–H and O–H groups in total. The van der Waals surface area contributed by atoms with Gasteiger partial charge in [0.2, 0.25) is 0 Å². The van der Waals surface area contributed by atoms with E-state index < -0.39 is 0 Å². The number of rotatable bonds is 11. The number of azo groups is 3. The molecule has 0 saturated carbocycles. The van der Waals surface area contributed by atoms with Crippen LogP contribution >= 0.6 is 0 Å². The van der Waals surface area contributed by atoms with E-state index in [0.717, 1.165) is 53.5 Å². The minimum atomic E-state index is 0.756. The lowest BCUT2D eigenvalue weighted by Crippen LogP contribution is -2.21. The molecule has 0 fully saturated rings. The first-order valence-electron chi connectivity index (χ1n) is 14.7. The van der Waals surface area contributed by atoms with E-state index in [2.05, 4.69) is 99.7 Å². The van der Waals surface area contributed by atoms with Gasteiger partial charge in [0.15, 0.2) is 0 Å². The van der Waals surface area contributed by atoms with Crippen LogP contribution in [0.4, 0.5) is 34.1 Å². The summed E-state index contributed by atoms with van der Waals surface area (Å²) in [4.78, 5) is 2.35. The number of benzene rings is 4. The fraction of sp³-hybridized carbons (Fsp3) is 0.314. The molecule has 7 nitrogen and oxygen atoms in total. The summed E-state index contributed by atoms with van der Waals surface area (Å²) in [6.45, 7) is 12.8. The smallest absolute Gasteiger partial charge is 0.0887 e. The summed E-state index contributed by atoms with van der Waals surface area (Å²) in [5.74, 6) is 0. The molecule has 0 amide bonds. The van der Waals surface area contributed by atoms with Crippen molar-refractivity contribution in [2.75, 3.05) is 25.0 Å². The number of anilines is 1. The number of unbranched alkanes of at least 4 members (excludes halogenated alkanes) is 1. The molecule has 0 aliphatic rings. The van der Waals surface area contributed by atoms with Crippen molar-refractivity contribution in [3.8, 4) is 0 Å². The average Bonchev–Trinajstić information content (AvgIpc) is 3.01. The Morgan fingerprint density at radius 1 is 0.571 bits per heavy atom. The highest BCUT2D eigenvalue weighted by Gasteiger charge is 2.00. The van der Waals surface area contributed by atoms with E-state index in [1.807, 2.05) is 61.5 Å². The summed E-state index contributed by atoms with van der Waals surface area (Å²) in [6, 6.07) is 30.1. The molecule has 7 heteroatoms. The molecule has 0 unspecified atom stereocenters. The fourth-order valence-electron chi connectivity index (χ4n) is 4.20. The molecule has 0 heterocycles. The standard InChI is InChI=1S/C24H26N6.C11H17N/c1-4-5-6-19-7-9-20(10-8-19)27-28-21-11-13-22(14-12-21)29-30-24-16-15-23(26-25-3)17-18(24)2;1-4-12(5-2)11-8-6-10(3)7-9-11/h7-17H,4-6H2,1-3H3;6-9H,4-5H2,1-3H3. The van der Waals surface area contributed by atoms with Crippen molar-refractivity contribution in [2.24, 2.45) is 30.7 Å². The summed E-state index contributed by atoms with van der Waals surface area (Å²) in [7, 11) is 1.65. The van der Waals surface area contributed by atoms with Gasteiger partial charge in [-0.3, -0.25) is 0 Å². The zero-order valence-electron chi connectivity index (χ0n) is 25.8. The molecule has 42 heavy (non-hydrogen) atoms. The molecule has 4 aromatic rings. The highest BCUT2D eigenvalue weighted by atomic mass is 15.1. The van der Waals surface area contributed by atoms with Crippen molar-refractivity contribution in [1.29, 1.82) is 0 Å². The maximum absolute atomic E-state index is 4.33. The van der Waals surface area contributed by atoms with Gasteiger partial charge in [-0.1, -0.05) is 43.2 Å².